The molecule has 4 rings (SSSR count). The van der Waals surface area contributed by atoms with Gasteiger partial charge in [0.05, 0.1) is 5.02 Å². The Balaban J connectivity index is 1.95. The molecule has 2 aromatic carbocycles. The molecule has 0 fully saturated rings. The van der Waals surface area contributed by atoms with Crippen LogP contribution in [0, 0.1) is 5.82 Å². The van der Waals surface area contributed by atoms with Crippen molar-refractivity contribution in [1.29, 1.82) is 0 Å². The topological polar surface area (TPSA) is 67.9 Å². The Kier molecular flexibility index (Phi) is 3.75. The van der Waals surface area contributed by atoms with E-state index in [-0.39, 0.29) is 16.9 Å². The molecule has 1 unspecified atom stereocenters. The van der Waals surface area contributed by atoms with E-state index in [1.165, 1.54) is 11.0 Å². The monoisotopic (exact) mass is 387 g/mol. The van der Waals surface area contributed by atoms with Crippen molar-refractivity contribution in [2.75, 3.05) is 7.05 Å². The molecule has 1 amide bonds. The van der Waals surface area contributed by atoms with Crippen LogP contribution >= 0.6 is 11.6 Å². The average Bonchev–Trinajstić information content (AvgIpc) is 2.81. The van der Waals surface area contributed by atoms with E-state index in [0.717, 1.165) is 0 Å². The van der Waals surface area contributed by atoms with Gasteiger partial charge in [-0.1, -0.05) is 29.8 Å². The van der Waals surface area contributed by atoms with Crippen molar-refractivity contribution in [2.24, 2.45) is 10.7 Å². The van der Waals surface area contributed by atoms with Crippen molar-refractivity contribution in [3.8, 4) is 16.9 Å². The number of likely N-dealkylation sites (N-methyl/N-ethyl adjacent to an activating group) is 1. The maximum atomic E-state index is 14.5. The van der Waals surface area contributed by atoms with E-state index in [1.54, 1.807) is 37.4 Å². The maximum absolute atomic E-state index is 14.5. The summed E-state index contributed by atoms with van der Waals surface area (Å²) >= 11 is 5.93. The summed E-state index contributed by atoms with van der Waals surface area (Å²) in [7, 11) is 1.60. The number of ether oxygens (including phenoxy) is 1. The molecule has 1 atom stereocenters. The number of nitrogens with zero attached hydrogens (tertiary/aromatic N) is 2. The molecule has 0 saturated carbocycles. The second-order valence-corrected chi connectivity index (χ2v) is 7.95. The van der Waals surface area contributed by atoms with Gasteiger partial charge in [-0.2, -0.15) is 0 Å². The summed E-state index contributed by atoms with van der Waals surface area (Å²) in [5, 5.41) is 0.0382. The van der Waals surface area contributed by atoms with Gasteiger partial charge in [0.15, 0.2) is 11.5 Å². The number of hydrogen-bond donors (Lipinski definition) is 1. The lowest BCUT2D eigenvalue weighted by molar-refractivity contribution is -0.133. The van der Waals surface area contributed by atoms with Crippen LogP contribution in [0.5, 0.6) is 5.75 Å². The minimum Gasteiger partial charge on any atom is -0.487 e. The highest BCUT2D eigenvalue weighted by molar-refractivity contribution is 6.31. The fourth-order valence-electron chi connectivity index (χ4n) is 3.87. The van der Waals surface area contributed by atoms with Crippen LogP contribution in [0.1, 0.15) is 25.8 Å². The number of hydrogen-bond acceptors (Lipinski definition) is 4. The SMILES string of the molecule is CN1C(=O)C2(CC(C)(C)Oc3ccc(-c4cccc(Cl)c4F)cc32)N=C1N. The zero-order valence-corrected chi connectivity index (χ0v) is 16.0. The molecule has 0 aliphatic carbocycles. The average molecular weight is 388 g/mol. The van der Waals surface area contributed by atoms with E-state index in [9.17, 15) is 9.18 Å². The summed E-state index contributed by atoms with van der Waals surface area (Å²) in [5.74, 6) is -0.0370. The first-order valence-corrected chi connectivity index (χ1v) is 8.94. The number of amides is 1. The number of aliphatic imine (C=N–C) groups is 1. The largest absolute Gasteiger partial charge is 0.487 e. The number of guanidine groups is 1. The fraction of sp³-hybridized carbons (Fsp3) is 0.300. The third kappa shape index (κ3) is 2.58. The number of carbonyl (C=O) groups excluding carboxylic acids is 1. The molecule has 0 bridgehead atoms. The number of rotatable bonds is 1. The van der Waals surface area contributed by atoms with Gasteiger partial charge in [-0.05, 0) is 37.6 Å². The molecule has 0 aromatic heterocycles. The molecule has 5 nitrogen and oxygen atoms in total. The molecular formula is C20H19ClFN3O2. The second kappa shape index (κ2) is 5.70. The smallest absolute Gasteiger partial charge is 0.261 e. The molecule has 0 radical (unpaired) electrons. The van der Waals surface area contributed by atoms with Gasteiger partial charge in [-0.25, -0.2) is 9.38 Å². The molecule has 7 heteroatoms. The summed E-state index contributed by atoms with van der Waals surface area (Å²) in [5.41, 5.74) is 5.68. The molecule has 2 heterocycles. The van der Waals surface area contributed by atoms with Crippen molar-refractivity contribution < 1.29 is 13.9 Å². The lowest BCUT2D eigenvalue weighted by Gasteiger charge is -2.41. The number of halogens is 2. The van der Waals surface area contributed by atoms with Gasteiger partial charge >= 0.3 is 0 Å². The standard InChI is InChI=1S/C20H19ClFN3O2/c1-19(2)10-20(17(26)25(3)18(23)24-20)13-9-11(7-8-15(13)27-19)12-5-4-6-14(21)16(12)22/h4-9H,10H2,1-3H3,(H2,23,24). The van der Waals surface area contributed by atoms with E-state index in [4.69, 9.17) is 22.1 Å². The Labute approximate surface area is 161 Å². The van der Waals surface area contributed by atoms with Crippen molar-refractivity contribution >= 4 is 23.5 Å². The van der Waals surface area contributed by atoms with Gasteiger partial charge in [-0.15, -0.1) is 0 Å². The van der Waals surface area contributed by atoms with E-state index < -0.39 is 17.0 Å². The van der Waals surface area contributed by atoms with Crippen LogP contribution in [0.4, 0.5) is 4.39 Å². The third-order valence-electron chi connectivity index (χ3n) is 5.06. The number of nitrogens with two attached hydrogens (primary N) is 1. The Hall–Kier alpha value is -2.60. The molecule has 2 aliphatic heterocycles. The highest BCUT2D eigenvalue weighted by Crippen LogP contribution is 2.50. The Bertz CT molecular complexity index is 1000. The van der Waals surface area contributed by atoms with Crippen molar-refractivity contribution in [1.82, 2.24) is 4.90 Å². The highest BCUT2D eigenvalue weighted by Gasteiger charge is 2.55. The first kappa shape index (κ1) is 17.8. The lowest BCUT2D eigenvalue weighted by Crippen LogP contribution is -2.49. The zero-order valence-electron chi connectivity index (χ0n) is 15.2. The van der Waals surface area contributed by atoms with E-state index in [0.29, 0.717) is 28.9 Å². The Morgan fingerprint density at radius 2 is 2.04 bits per heavy atom. The molecule has 0 saturated heterocycles. The summed E-state index contributed by atoms with van der Waals surface area (Å²) in [6.07, 6.45) is 0.332. The summed E-state index contributed by atoms with van der Waals surface area (Å²) in [6, 6.07) is 10.0. The van der Waals surface area contributed by atoms with E-state index in [2.05, 4.69) is 4.99 Å². The Morgan fingerprint density at radius 3 is 2.70 bits per heavy atom. The van der Waals surface area contributed by atoms with Gasteiger partial charge in [0.25, 0.3) is 5.91 Å². The number of benzene rings is 2. The minimum atomic E-state index is -1.18. The van der Waals surface area contributed by atoms with Crippen molar-refractivity contribution in [3.05, 3.63) is 52.8 Å². The second-order valence-electron chi connectivity index (χ2n) is 7.55. The first-order chi connectivity index (χ1) is 12.6. The molecule has 2 N–H and O–H groups in total. The molecule has 1 spiro atoms. The van der Waals surface area contributed by atoms with Crippen molar-refractivity contribution in [2.45, 2.75) is 31.4 Å². The maximum Gasteiger partial charge on any atom is 0.261 e. The quantitative estimate of drug-likeness (QED) is 0.811. The Morgan fingerprint density at radius 1 is 1.30 bits per heavy atom. The molecular weight excluding hydrogens is 369 g/mol. The number of fused-ring (bicyclic) bond motifs is 2. The third-order valence-corrected chi connectivity index (χ3v) is 5.35. The van der Waals surface area contributed by atoms with Crippen LogP contribution in [0.15, 0.2) is 41.4 Å². The summed E-state index contributed by atoms with van der Waals surface area (Å²) in [4.78, 5) is 19.0. The van der Waals surface area contributed by atoms with Gasteiger partial charge in [0.2, 0.25) is 0 Å². The van der Waals surface area contributed by atoms with Crippen LogP contribution < -0.4 is 10.5 Å². The highest BCUT2D eigenvalue weighted by atomic mass is 35.5. The van der Waals surface area contributed by atoms with Crippen LogP contribution in [0.2, 0.25) is 5.02 Å². The van der Waals surface area contributed by atoms with Gasteiger partial charge in [0, 0.05) is 24.6 Å². The molecule has 27 heavy (non-hydrogen) atoms. The van der Waals surface area contributed by atoms with E-state index >= 15 is 0 Å². The van der Waals surface area contributed by atoms with Crippen molar-refractivity contribution in [3.63, 3.8) is 0 Å². The van der Waals surface area contributed by atoms with Gasteiger partial charge < -0.3 is 10.5 Å². The van der Waals surface area contributed by atoms with E-state index in [1.807, 2.05) is 13.8 Å². The minimum absolute atomic E-state index is 0.0382. The van der Waals surface area contributed by atoms with Crippen LogP contribution in [0.3, 0.4) is 0 Å². The normalized spacial score (nSPS) is 23.2. The molecule has 2 aliphatic rings. The van der Waals surface area contributed by atoms with Crippen LogP contribution in [0.25, 0.3) is 11.1 Å². The first-order valence-electron chi connectivity index (χ1n) is 8.56. The fourth-order valence-corrected chi connectivity index (χ4v) is 4.05. The lowest BCUT2D eigenvalue weighted by atomic mass is 9.77. The predicted octanol–water partition coefficient (Wildman–Crippen LogP) is 3.69. The van der Waals surface area contributed by atoms with Gasteiger partial charge in [-0.3, -0.25) is 9.69 Å². The summed E-state index contributed by atoms with van der Waals surface area (Å²) in [6.45, 7) is 3.80. The van der Waals surface area contributed by atoms with Crippen LogP contribution in [-0.2, 0) is 10.3 Å². The molecule has 2 aromatic rings. The summed E-state index contributed by atoms with van der Waals surface area (Å²) < 4.78 is 20.6. The van der Waals surface area contributed by atoms with Gasteiger partial charge in [0.1, 0.15) is 17.2 Å². The molecule has 140 valence electrons. The zero-order chi connectivity index (χ0) is 19.6. The predicted molar refractivity (Wildman–Crippen MR) is 102 cm³/mol. The van der Waals surface area contributed by atoms with Crippen LogP contribution in [-0.4, -0.2) is 29.4 Å². The number of carbonyl (C=O) groups is 1.